The van der Waals surface area contributed by atoms with E-state index < -0.39 is 35.3 Å². The van der Waals surface area contributed by atoms with Gasteiger partial charge in [0.1, 0.15) is 17.2 Å². The van der Waals surface area contributed by atoms with Gasteiger partial charge in [-0.05, 0) is 69.5 Å². The van der Waals surface area contributed by atoms with Crippen LogP contribution < -0.4 is 16.0 Å². The van der Waals surface area contributed by atoms with Gasteiger partial charge in [0.2, 0.25) is 5.91 Å². The van der Waals surface area contributed by atoms with Gasteiger partial charge in [0, 0.05) is 55.6 Å². The number of ether oxygens (including phenoxy) is 1. The number of aromatic nitrogens is 2. The van der Waals surface area contributed by atoms with E-state index in [4.69, 9.17) is 10.5 Å². The minimum absolute atomic E-state index is 0.121. The average Bonchev–Trinajstić information content (AvgIpc) is 3.27. The maximum Gasteiger partial charge on any atom is 0.410 e. The maximum atomic E-state index is 14.6. The number of nitrogens with zero attached hydrogens (tertiary/aromatic N) is 4. The molecule has 2 aromatic heterocycles. The second-order valence-electron chi connectivity index (χ2n) is 11.7. The molecule has 1 aliphatic carbocycles. The molecule has 10 nitrogen and oxygen atoms in total. The van der Waals surface area contributed by atoms with Crippen molar-refractivity contribution in [3.05, 3.63) is 82.4 Å². The van der Waals surface area contributed by atoms with Crippen molar-refractivity contribution < 1.29 is 27.9 Å². The number of benzene rings is 1. The molecule has 3 amide bonds. The normalized spacial score (nSPS) is 17.0. The monoisotopic (exact) mass is 592 g/mol. The number of nitrogens with two attached hydrogens (primary N) is 1. The molecule has 3 aromatic rings. The Morgan fingerprint density at radius 1 is 1.02 bits per heavy atom. The smallest absolute Gasteiger partial charge is 0.410 e. The minimum atomic E-state index is -0.700. The lowest BCUT2D eigenvalue weighted by atomic mass is 10.1. The van der Waals surface area contributed by atoms with Crippen LogP contribution in [0, 0.1) is 11.6 Å². The fraction of sp³-hybridized carbons (Fsp3) is 0.387. The number of hydrogen-bond donors (Lipinski definition) is 2. The minimum Gasteiger partial charge on any atom is -0.444 e. The average molecular weight is 593 g/mol. The van der Waals surface area contributed by atoms with Crippen molar-refractivity contribution in [3.8, 4) is 0 Å². The largest absolute Gasteiger partial charge is 0.444 e. The Bertz CT molecular complexity index is 1560. The fourth-order valence-corrected chi connectivity index (χ4v) is 5.39. The summed E-state index contributed by atoms with van der Waals surface area (Å²) in [6.07, 6.45) is 3.80. The van der Waals surface area contributed by atoms with E-state index in [2.05, 4.69) is 15.3 Å². The zero-order valence-corrected chi connectivity index (χ0v) is 24.3. The second-order valence-corrected chi connectivity index (χ2v) is 11.7. The highest BCUT2D eigenvalue weighted by Crippen LogP contribution is 2.38. The Hall–Kier alpha value is -4.61. The van der Waals surface area contributed by atoms with Crippen molar-refractivity contribution in [2.24, 2.45) is 5.73 Å². The number of carbonyl (C=O) groups excluding carboxylic acids is 3. The molecule has 1 atom stereocenters. The van der Waals surface area contributed by atoms with Gasteiger partial charge in [-0.1, -0.05) is 0 Å². The van der Waals surface area contributed by atoms with E-state index in [-0.39, 0.29) is 30.0 Å². The lowest BCUT2D eigenvalue weighted by Crippen LogP contribution is -2.39. The van der Waals surface area contributed by atoms with Crippen molar-refractivity contribution >= 4 is 29.3 Å². The van der Waals surface area contributed by atoms with Crippen molar-refractivity contribution in [2.75, 3.05) is 29.9 Å². The number of rotatable bonds is 6. The molecular weight excluding hydrogens is 558 g/mol. The Balaban J connectivity index is 1.29. The van der Waals surface area contributed by atoms with Gasteiger partial charge in [-0.2, -0.15) is 0 Å². The molecule has 1 unspecified atom stereocenters. The van der Waals surface area contributed by atoms with E-state index in [1.54, 1.807) is 50.1 Å². The van der Waals surface area contributed by atoms with Gasteiger partial charge < -0.3 is 25.6 Å². The molecule has 0 radical (unpaired) electrons. The number of carbonyl (C=O) groups is 3. The van der Waals surface area contributed by atoms with Crippen LogP contribution in [0.3, 0.4) is 0 Å². The molecule has 0 saturated carbocycles. The van der Waals surface area contributed by atoms with Gasteiger partial charge in [0.15, 0.2) is 0 Å². The molecule has 3 N–H and O–H groups in total. The third-order valence-corrected chi connectivity index (χ3v) is 7.46. The molecule has 0 spiro atoms. The summed E-state index contributed by atoms with van der Waals surface area (Å²) in [5.74, 6) is -1.78. The van der Waals surface area contributed by atoms with E-state index in [9.17, 15) is 23.2 Å². The van der Waals surface area contributed by atoms with Gasteiger partial charge in [0.05, 0.1) is 29.2 Å². The summed E-state index contributed by atoms with van der Waals surface area (Å²) in [7, 11) is 0. The quantitative estimate of drug-likeness (QED) is 0.431. The summed E-state index contributed by atoms with van der Waals surface area (Å²) < 4.78 is 34.3. The molecule has 1 saturated heterocycles. The Labute approximate surface area is 248 Å². The number of fused-ring (bicyclic) bond motifs is 1. The molecule has 226 valence electrons. The highest BCUT2D eigenvalue weighted by atomic mass is 19.1. The van der Waals surface area contributed by atoms with E-state index in [1.165, 1.54) is 11.1 Å². The lowest BCUT2D eigenvalue weighted by Gasteiger charge is -2.26. The maximum absolute atomic E-state index is 14.6. The predicted molar refractivity (Wildman–Crippen MR) is 156 cm³/mol. The van der Waals surface area contributed by atoms with Crippen LogP contribution in [0.15, 0.2) is 42.7 Å². The first-order valence-corrected chi connectivity index (χ1v) is 14.1. The molecule has 5 rings (SSSR count). The lowest BCUT2D eigenvalue weighted by molar-refractivity contribution is -0.118. The molecule has 1 aliphatic heterocycles. The third-order valence-electron chi connectivity index (χ3n) is 7.46. The summed E-state index contributed by atoms with van der Waals surface area (Å²) in [6.45, 7) is 6.29. The number of anilines is 2. The predicted octanol–water partition coefficient (Wildman–Crippen LogP) is 4.52. The zero-order valence-electron chi connectivity index (χ0n) is 24.3. The Morgan fingerprint density at radius 3 is 2.47 bits per heavy atom. The van der Waals surface area contributed by atoms with Crippen molar-refractivity contribution in [1.82, 2.24) is 14.9 Å². The van der Waals surface area contributed by atoms with Crippen LogP contribution in [0.4, 0.5) is 25.0 Å². The summed E-state index contributed by atoms with van der Waals surface area (Å²) >= 11 is 0. The fourth-order valence-electron chi connectivity index (χ4n) is 5.39. The molecule has 0 bridgehead atoms. The SMILES string of the molecule is CC(C)(C)OC(=O)N1CCC(=O)N(c2ccc(Cc3cc(NC4CCc5c(F)ccc(F)c54)c(C(N)=O)cn3)nc2)CC1. The second kappa shape index (κ2) is 11.9. The molecule has 1 aromatic carbocycles. The third kappa shape index (κ3) is 6.73. The van der Waals surface area contributed by atoms with Crippen molar-refractivity contribution in [1.29, 1.82) is 0 Å². The number of primary amides is 1. The molecule has 12 heteroatoms. The first-order valence-electron chi connectivity index (χ1n) is 14.1. The number of hydrogen-bond acceptors (Lipinski definition) is 7. The molecule has 1 fully saturated rings. The highest BCUT2D eigenvalue weighted by molar-refractivity contribution is 5.98. The summed E-state index contributed by atoms with van der Waals surface area (Å²) in [5, 5.41) is 3.18. The van der Waals surface area contributed by atoms with Crippen molar-refractivity contribution in [3.63, 3.8) is 0 Å². The Morgan fingerprint density at radius 2 is 1.77 bits per heavy atom. The number of amides is 3. The van der Waals surface area contributed by atoms with Gasteiger partial charge >= 0.3 is 6.09 Å². The van der Waals surface area contributed by atoms with Crippen LogP contribution in [0.1, 0.15) is 72.5 Å². The topological polar surface area (TPSA) is 131 Å². The first kappa shape index (κ1) is 29.9. The van der Waals surface area contributed by atoms with Crippen LogP contribution in [0.5, 0.6) is 0 Å². The summed E-state index contributed by atoms with van der Waals surface area (Å²) in [5.41, 5.74) is 7.88. The standard InChI is InChI=1S/C31H34F2N6O4/c1-31(2,3)43-30(42)38-11-10-27(40)39(13-12-38)20-5-4-18(35-16-20)14-19-15-26(22(17-36-19)29(34)41)37-25-9-6-21-23(32)7-8-24(33)28(21)25/h4-5,7-8,15-17,25H,6,9-14H2,1-3H3,(H2,34,41)(H,36,37). The van der Waals surface area contributed by atoms with E-state index in [0.29, 0.717) is 60.7 Å². The van der Waals surface area contributed by atoms with E-state index in [1.807, 2.05) is 0 Å². The molecule has 3 heterocycles. The van der Waals surface area contributed by atoms with Crippen LogP contribution in [0.25, 0.3) is 0 Å². The van der Waals surface area contributed by atoms with Crippen LogP contribution in [-0.2, 0) is 22.4 Å². The first-order chi connectivity index (χ1) is 20.4. The summed E-state index contributed by atoms with van der Waals surface area (Å²) in [6, 6.07) is 6.92. The van der Waals surface area contributed by atoms with Gasteiger partial charge in [0.25, 0.3) is 5.91 Å². The van der Waals surface area contributed by atoms with Gasteiger partial charge in [-0.25, -0.2) is 13.6 Å². The molecule has 2 aliphatic rings. The van der Waals surface area contributed by atoms with Crippen LogP contribution in [-0.4, -0.2) is 58.0 Å². The van der Waals surface area contributed by atoms with Crippen molar-refractivity contribution in [2.45, 2.75) is 58.1 Å². The summed E-state index contributed by atoms with van der Waals surface area (Å²) in [4.78, 5) is 49.5. The molecular formula is C31H34F2N6O4. The highest BCUT2D eigenvalue weighted by Gasteiger charge is 2.30. The van der Waals surface area contributed by atoms with Gasteiger partial charge in [-0.3, -0.25) is 19.6 Å². The number of pyridine rings is 2. The van der Waals surface area contributed by atoms with Crippen LogP contribution >= 0.6 is 0 Å². The molecule has 43 heavy (non-hydrogen) atoms. The number of nitrogens with one attached hydrogen (secondary N) is 1. The van der Waals surface area contributed by atoms with E-state index in [0.717, 1.165) is 12.1 Å². The number of halogens is 2. The van der Waals surface area contributed by atoms with Crippen LogP contribution in [0.2, 0.25) is 0 Å². The zero-order chi connectivity index (χ0) is 30.9. The van der Waals surface area contributed by atoms with Gasteiger partial charge in [-0.15, -0.1) is 0 Å². The van der Waals surface area contributed by atoms with E-state index >= 15 is 0 Å². The Kier molecular flexibility index (Phi) is 8.30.